The van der Waals surface area contributed by atoms with Crippen LogP contribution in [-0.2, 0) is 4.74 Å². The molecular weight excluding hydrogens is 376 g/mol. The van der Waals surface area contributed by atoms with Crippen molar-refractivity contribution in [3.63, 3.8) is 0 Å². The molecule has 0 saturated carbocycles. The predicted molar refractivity (Wildman–Crippen MR) is 82.5 cm³/mol. The molecule has 1 aliphatic rings. The van der Waals surface area contributed by atoms with Gasteiger partial charge in [-0.3, -0.25) is 0 Å². The maximum atomic E-state index is 5.93. The van der Waals surface area contributed by atoms with Crippen LogP contribution in [0.15, 0.2) is 16.6 Å². The molecule has 1 saturated heterocycles. The Morgan fingerprint density at radius 2 is 1.89 bits per heavy atom. The molecule has 0 aliphatic carbocycles. The van der Waals surface area contributed by atoms with Gasteiger partial charge in [0, 0.05) is 5.56 Å². The molecule has 1 aromatic carbocycles. The van der Waals surface area contributed by atoms with Crippen molar-refractivity contribution in [3.8, 4) is 11.5 Å². The van der Waals surface area contributed by atoms with Crippen LogP contribution in [0.2, 0.25) is 0 Å². The lowest BCUT2D eigenvalue weighted by atomic mass is 10.0. The summed E-state index contributed by atoms with van der Waals surface area (Å²) < 4.78 is 17.6. The third-order valence-corrected chi connectivity index (χ3v) is 5.10. The minimum Gasteiger partial charge on any atom is -0.496 e. The third-order valence-electron chi connectivity index (χ3n) is 3.39. The Hall–Kier alpha value is -0.260. The largest absolute Gasteiger partial charge is 0.496 e. The molecule has 3 unspecified atom stereocenters. The lowest BCUT2D eigenvalue weighted by molar-refractivity contribution is 0.0553. The molecule has 3 atom stereocenters. The summed E-state index contributed by atoms with van der Waals surface area (Å²) in [6.45, 7) is 2.11. The van der Waals surface area contributed by atoms with Gasteiger partial charge in [0.1, 0.15) is 11.5 Å². The predicted octanol–water partition coefficient (Wildman–Crippen LogP) is 4.47. The highest BCUT2D eigenvalue weighted by Gasteiger charge is 2.31. The van der Waals surface area contributed by atoms with Crippen molar-refractivity contribution in [3.05, 3.63) is 22.2 Å². The smallest absolute Gasteiger partial charge is 0.133 e. The van der Waals surface area contributed by atoms with Crippen LogP contribution in [0.3, 0.4) is 0 Å². The van der Waals surface area contributed by atoms with Crippen molar-refractivity contribution >= 4 is 31.9 Å². The summed E-state index contributed by atoms with van der Waals surface area (Å²) in [5.41, 5.74) is 1.06. The fraction of sp³-hybridized carbons (Fsp3) is 0.571. The van der Waals surface area contributed by atoms with Gasteiger partial charge in [0.15, 0.2) is 0 Å². The molecule has 3 nitrogen and oxygen atoms in total. The molecule has 0 N–H and O–H groups in total. The van der Waals surface area contributed by atoms with Crippen LogP contribution in [0.1, 0.15) is 30.2 Å². The molecule has 0 amide bonds. The SMILES string of the molecule is COc1cc(C(Br)C2CCC(C)O2)c(OC)cc1Br. The first-order valence-electron chi connectivity index (χ1n) is 6.27. The summed E-state index contributed by atoms with van der Waals surface area (Å²) in [6.07, 6.45) is 2.66. The van der Waals surface area contributed by atoms with Crippen molar-refractivity contribution in [2.24, 2.45) is 0 Å². The molecule has 5 heteroatoms. The van der Waals surface area contributed by atoms with E-state index in [0.29, 0.717) is 6.10 Å². The second-order valence-corrected chi connectivity index (χ2v) is 6.53. The number of benzene rings is 1. The highest BCUT2D eigenvalue weighted by atomic mass is 79.9. The quantitative estimate of drug-likeness (QED) is 0.706. The first-order valence-corrected chi connectivity index (χ1v) is 7.98. The number of methoxy groups -OCH3 is 2. The summed E-state index contributed by atoms with van der Waals surface area (Å²) in [4.78, 5) is 0.106. The van der Waals surface area contributed by atoms with Gasteiger partial charge in [0.2, 0.25) is 0 Å². The topological polar surface area (TPSA) is 27.7 Å². The highest BCUT2D eigenvalue weighted by Crippen LogP contribution is 2.43. The average molecular weight is 394 g/mol. The van der Waals surface area contributed by atoms with Gasteiger partial charge in [-0.2, -0.15) is 0 Å². The van der Waals surface area contributed by atoms with Gasteiger partial charge in [-0.25, -0.2) is 0 Å². The molecule has 19 heavy (non-hydrogen) atoms. The monoisotopic (exact) mass is 392 g/mol. The Balaban J connectivity index is 2.31. The fourth-order valence-electron chi connectivity index (χ4n) is 2.35. The van der Waals surface area contributed by atoms with Crippen molar-refractivity contribution in [1.82, 2.24) is 0 Å². The van der Waals surface area contributed by atoms with E-state index in [0.717, 1.165) is 34.4 Å². The molecule has 1 heterocycles. The minimum atomic E-state index is 0.106. The van der Waals surface area contributed by atoms with Gasteiger partial charge in [-0.15, -0.1) is 0 Å². The van der Waals surface area contributed by atoms with Gasteiger partial charge in [-0.05, 0) is 47.8 Å². The van der Waals surface area contributed by atoms with E-state index in [1.165, 1.54) is 0 Å². The van der Waals surface area contributed by atoms with Gasteiger partial charge in [0.05, 0.1) is 35.7 Å². The molecule has 106 valence electrons. The van der Waals surface area contributed by atoms with E-state index in [2.05, 4.69) is 38.8 Å². The molecule has 2 rings (SSSR count). The number of hydrogen-bond donors (Lipinski definition) is 0. The Bertz CT molecular complexity index is 451. The summed E-state index contributed by atoms with van der Waals surface area (Å²) in [6, 6.07) is 3.93. The fourth-order valence-corrected chi connectivity index (χ4v) is 3.58. The van der Waals surface area contributed by atoms with Crippen LogP contribution in [0, 0.1) is 0 Å². The van der Waals surface area contributed by atoms with Gasteiger partial charge >= 0.3 is 0 Å². The van der Waals surface area contributed by atoms with Crippen LogP contribution < -0.4 is 9.47 Å². The molecule has 1 fully saturated rings. The van der Waals surface area contributed by atoms with Crippen LogP contribution in [-0.4, -0.2) is 26.4 Å². The van der Waals surface area contributed by atoms with Gasteiger partial charge in [0.25, 0.3) is 0 Å². The maximum Gasteiger partial charge on any atom is 0.133 e. The van der Waals surface area contributed by atoms with E-state index in [1.54, 1.807) is 14.2 Å². The van der Waals surface area contributed by atoms with Crippen molar-refractivity contribution in [2.75, 3.05) is 14.2 Å². The highest BCUT2D eigenvalue weighted by molar-refractivity contribution is 9.10. The molecule has 1 aliphatic heterocycles. The van der Waals surface area contributed by atoms with E-state index in [-0.39, 0.29) is 10.9 Å². The van der Waals surface area contributed by atoms with Crippen LogP contribution >= 0.6 is 31.9 Å². The zero-order valence-electron chi connectivity index (χ0n) is 11.3. The van der Waals surface area contributed by atoms with Crippen molar-refractivity contribution in [2.45, 2.75) is 36.8 Å². The summed E-state index contributed by atoms with van der Waals surface area (Å²) >= 11 is 7.22. The lowest BCUT2D eigenvalue weighted by Crippen LogP contribution is -2.15. The van der Waals surface area contributed by atoms with E-state index < -0.39 is 0 Å². The second kappa shape index (κ2) is 6.46. The Kier molecular flexibility index (Phi) is 5.15. The standard InChI is InChI=1S/C14H18Br2O3/c1-8-4-5-11(19-8)14(16)9-6-13(18-3)10(15)7-12(9)17-2/h6-8,11,14H,4-5H2,1-3H3. The zero-order valence-corrected chi connectivity index (χ0v) is 14.5. The summed E-state index contributed by atoms with van der Waals surface area (Å²) in [5.74, 6) is 1.63. The Labute approximate surface area is 130 Å². The normalized spacial score (nSPS) is 24.3. The van der Waals surface area contributed by atoms with Crippen LogP contribution in [0.4, 0.5) is 0 Å². The lowest BCUT2D eigenvalue weighted by Gasteiger charge is -2.21. The number of rotatable bonds is 4. The first-order chi connectivity index (χ1) is 9.06. The van der Waals surface area contributed by atoms with E-state index in [1.807, 2.05) is 12.1 Å². The molecule has 0 spiro atoms. The second-order valence-electron chi connectivity index (χ2n) is 4.69. The maximum absolute atomic E-state index is 5.93. The van der Waals surface area contributed by atoms with E-state index in [9.17, 15) is 0 Å². The van der Waals surface area contributed by atoms with Crippen LogP contribution in [0.25, 0.3) is 0 Å². The average Bonchev–Trinajstić information content (AvgIpc) is 2.84. The number of hydrogen-bond acceptors (Lipinski definition) is 3. The number of halogens is 2. The molecule has 0 radical (unpaired) electrons. The van der Waals surface area contributed by atoms with E-state index in [4.69, 9.17) is 14.2 Å². The molecule has 0 aromatic heterocycles. The van der Waals surface area contributed by atoms with Gasteiger partial charge < -0.3 is 14.2 Å². The van der Waals surface area contributed by atoms with Gasteiger partial charge in [-0.1, -0.05) is 15.9 Å². The molecular formula is C14H18Br2O3. The number of ether oxygens (including phenoxy) is 3. The zero-order chi connectivity index (χ0) is 14.0. The Morgan fingerprint density at radius 3 is 2.42 bits per heavy atom. The minimum absolute atomic E-state index is 0.106. The first kappa shape index (κ1) is 15.1. The summed E-state index contributed by atoms with van der Waals surface area (Å²) in [7, 11) is 3.34. The van der Waals surface area contributed by atoms with E-state index >= 15 is 0 Å². The van der Waals surface area contributed by atoms with Crippen LogP contribution in [0.5, 0.6) is 11.5 Å². The molecule has 0 bridgehead atoms. The number of alkyl halides is 1. The van der Waals surface area contributed by atoms with Crippen molar-refractivity contribution < 1.29 is 14.2 Å². The van der Waals surface area contributed by atoms with Crippen molar-refractivity contribution in [1.29, 1.82) is 0 Å². The third kappa shape index (κ3) is 3.26. The molecule has 1 aromatic rings. The summed E-state index contributed by atoms with van der Waals surface area (Å²) in [5, 5.41) is 0. The Morgan fingerprint density at radius 1 is 1.21 bits per heavy atom.